The Morgan fingerprint density at radius 2 is 1.34 bits per heavy atom. The highest BCUT2D eigenvalue weighted by atomic mass is 15.2. The van der Waals surface area contributed by atoms with Crippen LogP contribution in [0.4, 0.5) is 5.69 Å². The summed E-state index contributed by atoms with van der Waals surface area (Å²) in [4.78, 5) is 14.6. The summed E-state index contributed by atoms with van der Waals surface area (Å²) in [7, 11) is 0. The van der Waals surface area contributed by atoms with Crippen LogP contribution in [0.5, 0.6) is 0 Å². The van der Waals surface area contributed by atoms with Gasteiger partial charge in [0, 0.05) is 33.1 Å². The zero-order valence-corrected chi connectivity index (χ0v) is 19.0. The first-order chi connectivity index (χ1) is 17.3. The molecule has 2 heterocycles. The van der Waals surface area contributed by atoms with Crippen LogP contribution in [-0.4, -0.2) is 20.7 Å². The molecule has 0 aliphatic rings. The van der Waals surface area contributed by atoms with Crippen LogP contribution >= 0.6 is 0 Å². The van der Waals surface area contributed by atoms with Crippen LogP contribution in [-0.2, 0) is 0 Å². The topological polar surface area (TPSA) is 43.1 Å². The van der Waals surface area contributed by atoms with Gasteiger partial charge in [-0.05, 0) is 30.3 Å². The first-order valence-electron chi connectivity index (χ1n) is 11.5. The van der Waals surface area contributed by atoms with E-state index in [2.05, 4.69) is 41.9 Å². The van der Waals surface area contributed by atoms with E-state index in [0.29, 0.717) is 5.95 Å². The Labute approximate surface area is 202 Å². The van der Waals surface area contributed by atoms with E-state index in [1.165, 1.54) is 0 Å². The van der Waals surface area contributed by atoms with Gasteiger partial charge in [-0.1, -0.05) is 91.5 Å². The molecule has 4 aromatic carbocycles. The molecule has 35 heavy (non-hydrogen) atoms. The summed E-state index contributed by atoms with van der Waals surface area (Å²) in [5.41, 5.74) is 4.76. The lowest BCUT2D eigenvalue weighted by Crippen LogP contribution is -2.28. The van der Waals surface area contributed by atoms with E-state index in [-0.39, 0.29) is 0 Å². The number of benzene rings is 4. The third kappa shape index (κ3) is 3.81. The number of hydrogen-bond donors (Lipinski definition) is 0. The molecule has 0 bridgehead atoms. The van der Waals surface area contributed by atoms with Gasteiger partial charge in [0.05, 0.1) is 22.4 Å². The molecule has 6 aromatic rings. The van der Waals surface area contributed by atoms with Crippen LogP contribution in [0.1, 0.15) is 0 Å². The van der Waals surface area contributed by atoms with Crippen molar-refractivity contribution in [2.24, 2.45) is 4.99 Å². The van der Waals surface area contributed by atoms with Gasteiger partial charge in [-0.2, -0.15) is 0 Å². The van der Waals surface area contributed by atoms with E-state index < -0.39 is 0 Å². The Morgan fingerprint density at radius 1 is 0.686 bits per heavy atom. The highest BCUT2D eigenvalue weighted by molar-refractivity contribution is 5.97. The number of rotatable bonds is 4. The van der Waals surface area contributed by atoms with E-state index in [4.69, 9.17) is 9.97 Å². The Morgan fingerprint density at radius 3 is 2.14 bits per heavy atom. The van der Waals surface area contributed by atoms with Crippen molar-refractivity contribution in [1.82, 2.24) is 14.5 Å². The maximum Gasteiger partial charge on any atom is 0.235 e. The molecule has 0 fully saturated rings. The SMILES string of the molecule is C=c1/c(=C\C=N\c2ccccc2)c2ccccc2n1-c1nc(-c2ccccc2)c2ccccc2n1. The molecule has 2 aromatic heterocycles. The number of aliphatic imine (C=N–C) groups is 1. The molecule has 0 aliphatic carbocycles. The van der Waals surface area contributed by atoms with Gasteiger partial charge in [-0.3, -0.25) is 9.56 Å². The van der Waals surface area contributed by atoms with Gasteiger partial charge in [0.2, 0.25) is 5.95 Å². The predicted molar refractivity (Wildman–Crippen MR) is 146 cm³/mol. The molecule has 0 aliphatic heterocycles. The second-order valence-electron chi connectivity index (χ2n) is 8.25. The molecule has 0 spiro atoms. The van der Waals surface area contributed by atoms with Gasteiger partial charge in [-0.15, -0.1) is 0 Å². The highest BCUT2D eigenvalue weighted by Gasteiger charge is 2.14. The minimum absolute atomic E-state index is 0.600. The summed E-state index contributed by atoms with van der Waals surface area (Å²) in [6.45, 7) is 4.43. The van der Waals surface area contributed by atoms with Crippen molar-refractivity contribution < 1.29 is 0 Å². The molecule has 0 saturated heterocycles. The average molecular weight is 451 g/mol. The Bertz CT molecular complexity index is 1800. The quantitative estimate of drug-likeness (QED) is 0.317. The monoisotopic (exact) mass is 450 g/mol. The van der Waals surface area contributed by atoms with Crippen molar-refractivity contribution in [2.75, 3.05) is 0 Å². The fourth-order valence-corrected chi connectivity index (χ4v) is 4.42. The highest BCUT2D eigenvalue weighted by Crippen LogP contribution is 2.27. The van der Waals surface area contributed by atoms with Crippen molar-refractivity contribution in [3.63, 3.8) is 0 Å². The van der Waals surface area contributed by atoms with E-state index in [1.54, 1.807) is 0 Å². The maximum absolute atomic E-state index is 5.06. The minimum atomic E-state index is 0.600. The summed E-state index contributed by atoms with van der Waals surface area (Å²) in [5, 5.41) is 3.92. The van der Waals surface area contributed by atoms with Crippen LogP contribution in [0.25, 0.3) is 51.7 Å². The van der Waals surface area contributed by atoms with Crippen molar-refractivity contribution in [2.45, 2.75) is 0 Å². The van der Waals surface area contributed by atoms with Crippen LogP contribution in [0.15, 0.2) is 114 Å². The fraction of sp³-hybridized carbons (Fsp3) is 0. The normalized spacial score (nSPS) is 12.2. The Balaban J connectivity index is 1.60. The molecule has 0 saturated carbocycles. The van der Waals surface area contributed by atoms with Crippen LogP contribution in [0, 0.1) is 0 Å². The molecule has 0 atom stereocenters. The van der Waals surface area contributed by atoms with Crippen LogP contribution in [0.2, 0.25) is 0 Å². The third-order valence-corrected chi connectivity index (χ3v) is 6.08. The first kappa shape index (κ1) is 20.8. The van der Waals surface area contributed by atoms with Crippen molar-refractivity contribution in [3.8, 4) is 17.2 Å². The molecule has 166 valence electrons. The van der Waals surface area contributed by atoms with Gasteiger partial charge in [0.25, 0.3) is 0 Å². The number of aromatic nitrogens is 3. The van der Waals surface area contributed by atoms with E-state index in [1.807, 2.05) is 95.7 Å². The number of hydrogen-bond acceptors (Lipinski definition) is 3. The van der Waals surface area contributed by atoms with Crippen molar-refractivity contribution in [3.05, 3.63) is 120 Å². The number of nitrogens with zero attached hydrogens (tertiary/aromatic N) is 4. The molecule has 0 radical (unpaired) electrons. The van der Waals surface area contributed by atoms with E-state index >= 15 is 0 Å². The first-order valence-corrected chi connectivity index (χ1v) is 11.5. The molecular weight excluding hydrogens is 428 g/mol. The average Bonchev–Trinajstić information content (AvgIpc) is 3.20. The fourth-order valence-electron chi connectivity index (χ4n) is 4.42. The van der Waals surface area contributed by atoms with Crippen molar-refractivity contribution in [1.29, 1.82) is 0 Å². The second kappa shape index (κ2) is 8.84. The Hall–Kier alpha value is -4.83. The van der Waals surface area contributed by atoms with Crippen molar-refractivity contribution >= 4 is 46.4 Å². The third-order valence-electron chi connectivity index (χ3n) is 6.08. The predicted octanol–water partition coefficient (Wildman–Crippen LogP) is 5.83. The number of fused-ring (bicyclic) bond motifs is 2. The summed E-state index contributed by atoms with van der Waals surface area (Å²) in [6, 6.07) is 36.5. The smallest absolute Gasteiger partial charge is 0.235 e. The summed E-state index contributed by atoms with van der Waals surface area (Å²) < 4.78 is 2.04. The van der Waals surface area contributed by atoms with Gasteiger partial charge >= 0.3 is 0 Å². The molecule has 0 amide bonds. The molecule has 6 rings (SSSR count). The zero-order chi connectivity index (χ0) is 23.6. The maximum atomic E-state index is 5.06. The largest absolute Gasteiger partial charge is 0.278 e. The summed E-state index contributed by atoms with van der Waals surface area (Å²) in [6.07, 6.45) is 3.83. The number of para-hydroxylation sites is 3. The second-order valence-corrected chi connectivity index (χ2v) is 8.25. The zero-order valence-electron chi connectivity index (χ0n) is 19.0. The van der Waals surface area contributed by atoms with Gasteiger partial charge in [0.15, 0.2) is 0 Å². The summed E-state index contributed by atoms with van der Waals surface area (Å²) >= 11 is 0. The van der Waals surface area contributed by atoms with Crippen LogP contribution in [0.3, 0.4) is 0 Å². The lowest BCUT2D eigenvalue weighted by molar-refractivity contribution is 0.954. The van der Waals surface area contributed by atoms with Gasteiger partial charge in [0.1, 0.15) is 0 Å². The molecule has 0 unspecified atom stereocenters. The van der Waals surface area contributed by atoms with Crippen LogP contribution < -0.4 is 10.6 Å². The van der Waals surface area contributed by atoms with Gasteiger partial charge < -0.3 is 0 Å². The molecule has 0 N–H and O–H groups in total. The Kier molecular flexibility index (Phi) is 5.24. The van der Waals surface area contributed by atoms with E-state index in [9.17, 15) is 0 Å². The lowest BCUT2D eigenvalue weighted by atomic mass is 10.1. The molecule has 4 heteroatoms. The molecular formula is C31H22N4. The minimum Gasteiger partial charge on any atom is -0.278 e. The standard InChI is InChI=1S/C31H22N4/c1-22-25(20-21-32-24-14-6-3-7-15-24)26-16-9-11-19-29(26)35(22)31-33-28-18-10-8-17-27(28)30(34-31)23-12-4-2-5-13-23/h2-21H,1H2/b25-20+,32-21+. The summed E-state index contributed by atoms with van der Waals surface area (Å²) in [5.74, 6) is 0.600. The van der Waals surface area contributed by atoms with Gasteiger partial charge in [-0.25, -0.2) is 9.97 Å². The van der Waals surface area contributed by atoms with E-state index in [0.717, 1.165) is 49.3 Å². The molecule has 4 nitrogen and oxygen atoms in total. The lowest BCUT2D eigenvalue weighted by Gasteiger charge is -2.11.